The summed E-state index contributed by atoms with van der Waals surface area (Å²) in [5.74, 6) is 0.0261. The minimum absolute atomic E-state index is 0.0114. The molecule has 1 N–H and O–H groups in total. The SMILES string of the molecule is CN1CCC(NC(=O)N2CCC(C#N)C2)CC1. The Bertz CT molecular complexity index is 317. The van der Waals surface area contributed by atoms with Crippen molar-refractivity contribution in [3.8, 4) is 6.07 Å². The lowest BCUT2D eigenvalue weighted by molar-refractivity contribution is 0.189. The summed E-state index contributed by atoms with van der Waals surface area (Å²) in [6.45, 7) is 3.41. The molecule has 2 rings (SSSR count). The molecule has 0 saturated carbocycles. The number of carbonyl (C=O) groups is 1. The standard InChI is InChI=1S/C12H20N4O/c1-15-5-3-11(4-6-15)14-12(17)16-7-2-10(8-13)9-16/h10-11H,2-7,9H2,1H3,(H,14,17). The lowest BCUT2D eigenvalue weighted by atomic mass is 10.1. The second-order valence-electron chi connectivity index (χ2n) is 5.09. The van der Waals surface area contributed by atoms with Gasteiger partial charge in [0.15, 0.2) is 0 Å². The van der Waals surface area contributed by atoms with Gasteiger partial charge in [-0.25, -0.2) is 4.79 Å². The zero-order chi connectivity index (χ0) is 12.3. The van der Waals surface area contributed by atoms with Gasteiger partial charge in [-0.1, -0.05) is 0 Å². The molecule has 0 aromatic heterocycles. The fourth-order valence-corrected chi connectivity index (χ4v) is 2.47. The first kappa shape index (κ1) is 12.2. The van der Waals surface area contributed by atoms with Crippen LogP contribution < -0.4 is 5.32 Å². The maximum absolute atomic E-state index is 11.9. The van der Waals surface area contributed by atoms with Gasteiger partial charge >= 0.3 is 6.03 Å². The number of nitrogens with one attached hydrogen (secondary N) is 1. The average molecular weight is 236 g/mol. The van der Waals surface area contributed by atoms with Crippen LogP contribution in [0.15, 0.2) is 0 Å². The largest absolute Gasteiger partial charge is 0.335 e. The van der Waals surface area contributed by atoms with Crippen LogP contribution in [-0.2, 0) is 0 Å². The zero-order valence-corrected chi connectivity index (χ0v) is 10.4. The maximum atomic E-state index is 11.9. The molecule has 2 amide bonds. The van der Waals surface area contributed by atoms with Gasteiger partial charge in [0, 0.05) is 19.1 Å². The van der Waals surface area contributed by atoms with Gasteiger partial charge in [-0.3, -0.25) is 0 Å². The predicted molar refractivity (Wildman–Crippen MR) is 64.3 cm³/mol. The Labute approximate surface area is 102 Å². The number of nitrogens with zero attached hydrogens (tertiary/aromatic N) is 3. The van der Waals surface area contributed by atoms with Gasteiger partial charge in [0.2, 0.25) is 0 Å². The van der Waals surface area contributed by atoms with Gasteiger partial charge in [-0.05, 0) is 39.4 Å². The van der Waals surface area contributed by atoms with Crippen molar-refractivity contribution < 1.29 is 4.79 Å². The van der Waals surface area contributed by atoms with E-state index >= 15 is 0 Å². The van der Waals surface area contributed by atoms with Crippen molar-refractivity contribution in [3.63, 3.8) is 0 Å². The first-order valence-electron chi connectivity index (χ1n) is 6.32. The lowest BCUT2D eigenvalue weighted by Gasteiger charge is -2.30. The number of hydrogen-bond donors (Lipinski definition) is 1. The second kappa shape index (κ2) is 5.37. The molecule has 0 spiro atoms. The van der Waals surface area contributed by atoms with E-state index in [1.54, 1.807) is 4.90 Å². The summed E-state index contributed by atoms with van der Waals surface area (Å²) in [6, 6.07) is 2.55. The molecule has 1 unspecified atom stereocenters. The van der Waals surface area contributed by atoms with Crippen LogP contribution in [0.25, 0.3) is 0 Å². The van der Waals surface area contributed by atoms with Crippen LogP contribution in [0.5, 0.6) is 0 Å². The third-order valence-electron chi connectivity index (χ3n) is 3.70. The Morgan fingerprint density at radius 2 is 2.00 bits per heavy atom. The molecule has 1 atom stereocenters. The minimum atomic E-state index is 0.0114. The molecule has 0 aliphatic carbocycles. The molecule has 17 heavy (non-hydrogen) atoms. The summed E-state index contributed by atoms with van der Waals surface area (Å²) in [5, 5.41) is 11.9. The first-order valence-corrected chi connectivity index (χ1v) is 6.32. The highest BCUT2D eigenvalue weighted by Gasteiger charge is 2.27. The molecular weight excluding hydrogens is 216 g/mol. The summed E-state index contributed by atoms with van der Waals surface area (Å²) >= 11 is 0. The van der Waals surface area contributed by atoms with E-state index in [2.05, 4.69) is 23.3 Å². The second-order valence-corrected chi connectivity index (χ2v) is 5.09. The molecule has 2 aliphatic heterocycles. The summed E-state index contributed by atoms with van der Waals surface area (Å²) in [4.78, 5) is 16.0. The molecule has 0 aromatic rings. The van der Waals surface area contributed by atoms with Gasteiger partial charge in [0.05, 0.1) is 12.0 Å². The van der Waals surface area contributed by atoms with Crippen LogP contribution >= 0.6 is 0 Å². The monoisotopic (exact) mass is 236 g/mol. The molecule has 2 aliphatic rings. The fourth-order valence-electron chi connectivity index (χ4n) is 2.47. The van der Waals surface area contributed by atoms with Crippen LogP contribution in [0.3, 0.4) is 0 Å². The fraction of sp³-hybridized carbons (Fsp3) is 0.833. The van der Waals surface area contributed by atoms with Crippen LogP contribution in [0, 0.1) is 17.2 Å². The average Bonchev–Trinajstić information content (AvgIpc) is 2.81. The van der Waals surface area contributed by atoms with Crippen molar-refractivity contribution >= 4 is 6.03 Å². The summed E-state index contributed by atoms with van der Waals surface area (Å²) in [7, 11) is 2.11. The van der Waals surface area contributed by atoms with E-state index in [1.807, 2.05) is 0 Å². The first-order chi connectivity index (χ1) is 8.19. The molecule has 94 valence electrons. The molecule has 0 radical (unpaired) electrons. The number of hydrogen-bond acceptors (Lipinski definition) is 3. The normalized spacial score (nSPS) is 26.8. The van der Waals surface area contributed by atoms with Crippen molar-refractivity contribution in [3.05, 3.63) is 0 Å². The van der Waals surface area contributed by atoms with Crippen molar-refractivity contribution in [2.75, 3.05) is 33.2 Å². The van der Waals surface area contributed by atoms with Gasteiger partial charge in [0.1, 0.15) is 0 Å². The van der Waals surface area contributed by atoms with E-state index in [-0.39, 0.29) is 11.9 Å². The molecule has 0 bridgehead atoms. The van der Waals surface area contributed by atoms with Crippen LogP contribution in [-0.4, -0.2) is 55.1 Å². The molecule has 2 fully saturated rings. The zero-order valence-electron chi connectivity index (χ0n) is 10.4. The Hall–Kier alpha value is -1.28. The number of likely N-dealkylation sites (tertiary alicyclic amines) is 2. The smallest absolute Gasteiger partial charge is 0.317 e. The number of urea groups is 1. The highest BCUT2D eigenvalue weighted by atomic mass is 16.2. The number of piperidine rings is 1. The van der Waals surface area contributed by atoms with Gasteiger partial charge < -0.3 is 15.1 Å². The lowest BCUT2D eigenvalue weighted by Crippen LogP contribution is -2.48. The van der Waals surface area contributed by atoms with Crippen molar-refractivity contribution in [2.24, 2.45) is 5.92 Å². The molecule has 2 saturated heterocycles. The number of amides is 2. The predicted octanol–water partition coefficient (Wildman–Crippen LogP) is 0.636. The molecule has 5 nitrogen and oxygen atoms in total. The maximum Gasteiger partial charge on any atom is 0.317 e. The number of carbonyl (C=O) groups excluding carboxylic acids is 1. The van der Waals surface area contributed by atoms with Gasteiger partial charge in [0.25, 0.3) is 0 Å². The van der Waals surface area contributed by atoms with Gasteiger partial charge in [-0.2, -0.15) is 5.26 Å². The van der Waals surface area contributed by atoms with E-state index < -0.39 is 0 Å². The minimum Gasteiger partial charge on any atom is -0.335 e. The Balaban J connectivity index is 1.76. The van der Waals surface area contributed by atoms with E-state index in [4.69, 9.17) is 5.26 Å². The summed E-state index contributed by atoms with van der Waals surface area (Å²) < 4.78 is 0. The Morgan fingerprint density at radius 3 is 2.59 bits per heavy atom. The molecule has 5 heteroatoms. The summed E-state index contributed by atoms with van der Waals surface area (Å²) in [6.07, 6.45) is 2.87. The van der Waals surface area contributed by atoms with Crippen molar-refractivity contribution in [1.82, 2.24) is 15.1 Å². The third kappa shape index (κ3) is 3.10. The van der Waals surface area contributed by atoms with Crippen LogP contribution in [0.4, 0.5) is 4.79 Å². The van der Waals surface area contributed by atoms with Crippen molar-refractivity contribution in [2.45, 2.75) is 25.3 Å². The number of rotatable bonds is 1. The quantitative estimate of drug-likeness (QED) is 0.726. The molecule has 2 heterocycles. The molecular formula is C12H20N4O. The highest BCUT2D eigenvalue weighted by Crippen LogP contribution is 2.16. The van der Waals surface area contributed by atoms with Crippen molar-refractivity contribution in [1.29, 1.82) is 5.26 Å². The third-order valence-corrected chi connectivity index (χ3v) is 3.70. The Morgan fingerprint density at radius 1 is 1.29 bits per heavy atom. The number of nitriles is 1. The van der Waals surface area contributed by atoms with E-state index in [0.29, 0.717) is 12.6 Å². The topological polar surface area (TPSA) is 59.4 Å². The molecule has 0 aromatic carbocycles. The Kier molecular flexibility index (Phi) is 3.85. The van der Waals surface area contributed by atoms with Crippen LogP contribution in [0.2, 0.25) is 0 Å². The van der Waals surface area contributed by atoms with E-state index in [1.165, 1.54) is 0 Å². The van der Waals surface area contributed by atoms with E-state index in [9.17, 15) is 4.79 Å². The van der Waals surface area contributed by atoms with E-state index in [0.717, 1.165) is 38.9 Å². The van der Waals surface area contributed by atoms with Gasteiger partial charge in [-0.15, -0.1) is 0 Å². The summed E-state index contributed by atoms with van der Waals surface area (Å²) in [5.41, 5.74) is 0. The van der Waals surface area contributed by atoms with Crippen LogP contribution in [0.1, 0.15) is 19.3 Å². The highest BCUT2D eigenvalue weighted by molar-refractivity contribution is 5.74.